The summed E-state index contributed by atoms with van der Waals surface area (Å²) in [6, 6.07) is 6.08. The lowest BCUT2D eigenvalue weighted by Crippen LogP contribution is -2.53. The lowest BCUT2D eigenvalue weighted by Gasteiger charge is -2.37. The molecule has 1 aromatic rings. The van der Waals surface area contributed by atoms with E-state index in [4.69, 9.17) is 0 Å². The van der Waals surface area contributed by atoms with Crippen molar-refractivity contribution >= 4 is 33.6 Å². The summed E-state index contributed by atoms with van der Waals surface area (Å²) in [5, 5.41) is 12.0. The maximum atomic E-state index is 12.3. The van der Waals surface area contributed by atoms with E-state index in [9.17, 15) is 14.7 Å². The van der Waals surface area contributed by atoms with Gasteiger partial charge in [-0.2, -0.15) is 0 Å². The Morgan fingerprint density at radius 2 is 2.00 bits per heavy atom. The fraction of sp³-hybridized carbons (Fsp3) is 0.429. The minimum absolute atomic E-state index is 0.0306. The molecule has 1 aromatic carbocycles. The molecule has 2 N–H and O–H groups in total. The third kappa shape index (κ3) is 3.30. The number of hydrogen-bond donors (Lipinski definition) is 2. The second kappa shape index (κ2) is 6.26. The number of carboxylic acids is 1. The van der Waals surface area contributed by atoms with Crippen molar-refractivity contribution in [1.29, 1.82) is 0 Å². The van der Waals surface area contributed by atoms with E-state index in [1.54, 1.807) is 12.1 Å². The zero-order chi connectivity index (χ0) is 14.7. The number of nitrogens with zero attached hydrogens (tertiary/aromatic N) is 1. The zero-order valence-electron chi connectivity index (χ0n) is 11.2. The van der Waals surface area contributed by atoms with E-state index in [0.717, 1.165) is 17.3 Å². The van der Waals surface area contributed by atoms with E-state index < -0.39 is 12.0 Å². The van der Waals surface area contributed by atoms with Gasteiger partial charge in [0, 0.05) is 16.7 Å². The fourth-order valence-electron chi connectivity index (χ4n) is 2.52. The first-order chi connectivity index (χ1) is 9.49. The number of aliphatic carboxylic acids is 1. The number of urea groups is 1. The number of rotatable bonds is 2. The SMILES string of the molecule is CC1CCCN(C(=O)Nc2ccc(Br)cc2)C1C(=O)O. The van der Waals surface area contributed by atoms with Crippen LogP contribution in [-0.4, -0.2) is 34.6 Å². The molecule has 108 valence electrons. The molecule has 0 bridgehead atoms. The zero-order valence-corrected chi connectivity index (χ0v) is 12.8. The van der Waals surface area contributed by atoms with Crippen LogP contribution in [0.4, 0.5) is 10.5 Å². The molecule has 1 aliphatic heterocycles. The Morgan fingerprint density at radius 3 is 2.60 bits per heavy atom. The molecular formula is C14H17BrN2O3. The molecule has 2 unspecified atom stereocenters. The van der Waals surface area contributed by atoms with Crippen LogP contribution in [0.25, 0.3) is 0 Å². The molecule has 0 aromatic heterocycles. The first-order valence-corrected chi connectivity index (χ1v) is 7.34. The minimum atomic E-state index is -0.942. The van der Waals surface area contributed by atoms with Gasteiger partial charge in [0.15, 0.2) is 0 Å². The Kier molecular flexibility index (Phi) is 4.65. The summed E-state index contributed by atoms with van der Waals surface area (Å²) in [5.74, 6) is -0.972. The number of carboxylic acid groups (broad SMARTS) is 1. The van der Waals surface area contributed by atoms with Gasteiger partial charge in [-0.3, -0.25) is 0 Å². The predicted molar refractivity (Wildman–Crippen MR) is 79.7 cm³/mol. The Bertz CT molecular complexity index is 504. The van der Waals surface area contributed by atoms with Gasteiger partial charge in [0.1, 0.15) is 6.04 Å². The molecule has 6 heteroatoms. The Balaban J connectivity index is 2.10. The van der Waals surface area contributed by atoms with Gasteiger partial charge < -0.3 is 15.3 Å². The lowest BCUT2D eigenvalue weighted by atomic mass is 9.91. The predicted octanol–water partition coefficient (Wildman–Crippen LogP) is 3.17. The smallest absolute Gasteiger partial charge is 0.326 e. The summed E-state index contributed by atoms with van der Waals surface area (Å²) in [4.78, 5) is 25.0. The molecule has 5 nitrogen and oxygen atoms in total. The van der Waals surface area contributed by atoms with E-state index in [0.29, 0.717) is 12.2 Å². The lowest BCUT2D eigenvalue weighted by molar-refractivity contribution is -0.145. The molecule has 2 atom stereocenters. The van der Waals surface area contributed by atoms with Crippen molar-refractivity contribution in [2.75, 3.05) is 11.9 Å². The average molecular weight is 341 g/mol. The van der Waals surface area contributed by atoms with Crippen LogP contribution in [0.5, 0.6) is 0 Å². The molecule has 0 radical (unpaired) electrons. The van der Waals surface area contributed by atoms with Gasteiger partial charge in [0.25, 0.3) is 0 Å². The maximum absolute atomic E-state index is 12.3. The Hall–Kier alpha value is -1.56. The number of carbonyl (C=O) groups excluding carboxylic acids is 1. The number of carbonyl (C=O) groups is 2. The van der Waals surface area contributed by atoms with Gasteiger partial charge >= 0.3 is 12.0 Å². The van der Waals surface area contributed by atoms with Crippen LogP contribution in [0.2, 0.25) is 0 Å². The molecular weight excluding hydrogens is 324 g/mol. The number of anilines is 1. The number of amides is 2. The monoisotopic (exact) mass is 340 g/mol. The third-order valence-corrected chi connectivity index (χ3v) is 4.07. The minimum Gasteiger partial charge on any atom is -0.480 e. The van der Waals surface area contributed by atoms with E-state index >= 15 is 0 Å². The highest BCUT2D eigenvalue weighted by atomic mass is 79.9. The Morgan fingerprint density at radius 1 is 1.35 bits per heavy atom. The van der Waals surface area contributed by atoms with Crippen molar-refractivity contribution in [3.63, 3.8) is 0 Å². The van der Waals surface area contributed by atoms with Gasteiger partial charge in [-0.05, 0) is 43.0 Å². The highest BCUT2D eigenvalue weighted by Crippen LogP contribution is 2.24. The normalized spacial score (nSPS) is 22.4. The number of piperidine rings is 1. The van der Waals surface area contributed by atoms with Gasteiger partial charge in [-0.15, -0.1) is 0 Å². The number of likely N-dealkylation sites (tertiary alicyclic amines) is 1. The van der Waals surface area contributed by atoms with Gasteiger partial charge in [-0.25, -0.2) is 9.59 Å². The summed E-state index contributed by atoms with van der Waals surface area (Å²) in [7, 11) is 0. The molecule has 0 aliphatic carbocycles. The number of hydrogen-bond acceptors (Lipinski definition) is 2. The van der Waals surface area contributed by atoms with Gasteiger partial charge in [-0.1, -0.05) is 22.9 Å². The first kappa shape index (κ1) is 14.8. The van der Waals surface area contributed by atoms with Crippen molar-refractivity contribution in [1.82, 2.24) is 4.90 Å². The second-order valence-corrected chi connectivity index (χ2v) is 5.95. The highest BCUT2D eigenvalue weighted by Gasteiger charge is 2.37. The summed E-state index contributed by atoms with van der Waals surface area (Å²) < 4.78 is 0.922. The number of nitrogens with one attached hydrogen (secondary N) is 1. The van der Waals surface area contributed by atoms with E-state index in [1.165, 1.54) is 4.90 Å². The largest absolute Gasteiger partial charge is 0.480 e. The standard InChI is InChI=1S/C14H17BrN2O3/c1-9-3-2-8-17(12(9)13(18)19)14(20)16-11-6-4-10(15)5-7-11/h4-7,9,12H,2-3,8H2,1H3,(H,16,20)(H,18,19). The molecule has 0 saturated carbocycles. The van der Waals surface area contributed by atoms with Gasteiger partial charge in [0.2, 0.25) is 0 Å². The summed E-state index contributed by atoms with van der Waals surface area (Å²) in [6.45, 7) is 2.35. The molecule has 20 heavy (non-hydrogen) atoms. The number of halogens is 1. The summed E-state index contributed by atoms with van der Waals surface area (Å²) >= 11 is 3.32. The van der Waals surface area contributed by atoms with Crippen LogP contribution < -0.4 is 5.32 Å². The van der Waals surface area contributed by atoms with Crippen molar-refractivity contribution in [3.05, 3.63) is 28.7 Å². The quantitative estimate of drug-likeness (QED) is 0.868. The average Bonchev–Trinajstić information content (AvgIpc) is 2.40. The summed E-state index contributed by atoms with van der Waals surface area (Å²) in [5.41, 5.74) is 0.653. The summed E-state index contributed by atoms with van der Waals surface area (Å²) in [6.07, 6.45) is 1.66. The highest BCUT2D eigenvalue weighted by molar-refractivity contribution is 9.10. The van der Waals surface area contributed by atoms with E-state index in [2.05, 4.69) is 21.2 Å². The third-order valence-electron chi connectivity index (χ3n) is 3.54. The molecule has 2 rings (SSSR count). The van der Waals surface area contributed by atoms with Crippen LogP contribution >= 0.6 is 15.9 Å². The van der Waals surface area contributed by atoms with Crippen LogP contribution in [-0.2, 0) is 4.79 Å². The van der Waals surface area contributed by atoms with E-state index in [-0.39, 0.29) is 11.9 Å². The van der Waals surface area contributed by atoms with Crippen LogP contribution in [0.1, 0.15) is 19.8 Å². The molecule has 1 fully saturated rings. The van der Waals surface area contributed by atoms with Crippen molar-refractivity contribution in [2.45, 2.75) is 25.8 Å². The van der Waals surface area contributed by atoms with E-state index in [1.807, 2.05) is 19.1 Å². The van der Waals surface area contributed by atoms with Crippen LogP contribution in [0.15, 0.2) is 28.7 Å². The molecule has 2 amide bonds. The first-order valence-electron chi connectivity index (χ1n) is 6.55. The van der Waals surface area contributed by atoms with Crippen molar-refractivity contribution in [2.24, 2.45) is 5.92 Å². The van der Waals surface area contributed by atoms with Crippen LogP contribution in [0, 0.1) is 5.92 Å². The molecule has 1 saturated heterocycles. The van der Waals surface area contributed by atoms with Crippen molar-refractivity contribution in [3.8, 4) is 0 Å². The topological polar surface area (TPSA) is 69.6 Å². The fourth-order valence-corrected chi connectivity index (χ4v) is 2.79. The molecule has 1 aliphatic rings. The molecule has 1 heterocycles. The second-order valence-electron chi connectivity index (χ2n) is 5.03. The van der Waals surface area contributed by atoms with Crippen LogP contribution in [0.3, 0.4) is 0 Å². The molecule has 0 spiro atoms. The number of benzene rings is 1. The van der Waals surface area contributed by atoms with Gasteiger partial charge in [0.05, 0.1) is 0 Å². The van der Waals surface area contributed by atoms with Crippen molar-refractivity contribution < 1.29 is 14.7 Å². The maximum Gasteiger partial charge on any atom is 0.326 e. The Labute approximate surface area is 126 Å².